The molecule has 3 fully saturated rings. The second-order valence-electron chi connectivity index (χ2n) is 8.06. The monoisotopic (exact) mass is 332 g/mol. The summed E-state index contributed by atoms with van der Waals surface area (Å²) in [6.45, 7) is 0. The Morgan fingerprint density at radius 3 is 1.92 bits per heavy atom. The second kappa shape index (κ2) is 5.66. The van der Waals surface area contributed by atoms with Crippen LogP contribution in [0.25, 0.3) is 5.57 Å². The Balaban J connectivity index is 1.65. The average molecular weight is 332 g/mol. The fourth-order valence-electron chi connectivity index (χ4n) is 5.93. The molecule has 0 aliphatic heterocycles. The molecular weight excluding hydrogens is 308 g/mol. The first kappa shape index (κ1) is 15.1. The topological polar surface area (TPSA) is 40.5 Å². The van der Waals surface area contributed by atoms with Crippen LogP contribution in [0.3, 0.4) is 0 Å². The summed E-state index contributed by atoms with van der Waals surface area (Å²) in [6.07, 6.45) is 6.83. The van der Waals surface area contributed by atoms with E-state index in [-0.39, 0.29) is 0 Å². The molecule has 2 bridgehead atoms. The Morgan fingerprint density at radius 2 is 1.32 bits per heavy atom. The third-order valence-electron chi connectivity index (χ3n) is 6.87. The molecular formula is C23H24O2. The molecule has 2 heteroatoms. The predicted octanol–water partition coefficient (Wildman–Crippen LogP) is 5.36. The molecule has 25 heavy (non-hydrogen) atoms. The number of fused-ring (bicyclic) bond motifs is 5. The van der Waals surface area contributed by atoms with E-state index in [1.807, 2.05) is 24.3 Å². The summed E-state index contributed by atoms with van der Waals surface area (Å²) in [5, 5.41) is 19.4. The van der Waals surface area contributed by atoms with Gasteiger partial charge in [0.25, 0.3) is 0 Å². The first-order valence-electron chi connectivity index (χ1n) is 9.52. The molecule has 0 amide bonds. The van der Waals surface area contributed by atoms with Gasteiger partial charge >= 0.3 is 0 Å². The molecule has 2 nitrogen and oxygen atoms in total. The quantitative estimate of drug-likeness (QED) is 0.777. The highest BCUT2D eigenvalue weighted by Gasteiger charge is 2.52. The normalized spacial score (nSPS) is 29.8. The van der Waals surface area contributed by atoms with Gasteiger partial charge in [0.2, 0.25) is 0 Å². The van der Waals surface area contributed by atoms with Gasteiger partial charge in [-0.15, -0.1) is 0 Å². The zero-order valence-electron chi connectivity index (χ0n) is 14.4. The molecule has 0 radical (unpaired) electrons. The molecule has 2 aromatic rings. The van der Waals surface area contributed by atoms with Crippen molar-refractivity contribution in [2.75, 3.05) is 0 Å². The zero-order valence-corrected chi connectivity index (χ0v) is 14.4. The molecule has 4 atom stereocenters. The van der Waals surface area contributed by atoms with Crippen LogP contribution in [0.1, 0.15) is 43.2 Å². The van der Waals surface area contributed by atoms with Crippen LogP contribution in [-0.4, -0.2) is 10.2 Å². The van der Waals surface area contributed by atoms with Crippen molar-refractivity contribution in [1.82, 2.24) is 0 Å². The van der Waals surface area contributed by atoms with E-state index in [9.17, 15) is 10.2 Å². The maximum absolute atomic E-state index is 9.69. The Bertz CT molecular complexity index is 769. The fraction of sp³-hybridized carbons (Fsp3) is 0.391. The molecule has 0 heterocycles. The van der Waals surface area contributed by atoms with Crippen LogP contribution in [-0.2, 0) is 0 Å². The molecule has 0 spiro atoms. The zero-order chi connectivity index (χ0) is 17.0. The van der Waals surface area contributed by atoms with Crippen LogP contribution in [0.5, 0.6) is 11.5 Å². The first-order chi connectivity index (χ1) is 12.2. The minimum Gasteiger partial charge on any atom is -0.508 e. The van der Waals surface area contributed by atoms with Gasteiger partial charge < -0.3 is 10.2 Å². The van der Waals surface area contributed by atoms with Crippen molar-refractivity contribution in [1.29, 1.82) is 0 Å². The van der Waals surface area contributed by atoms with E-state index in [4.69, 9.17) is 0 Å². The van der Waals surface area contributed by atoms with E-state index < -0.39 is 0 Å². The minimum atomic E-state index is 0.308. The third kappa shape index (κ3) is 2.38. The maximum atomic E-state index is 9.69. The van der Waals surface area contributed by atoms with Crippen LogP contribution >= 0.6 is 0 Å². The summed E-state index contributed by atoms with van der Waals surface area (Å²) in [7, 11) is 0. The van der Waals surface area contributed by atoms with Gasteiger partial charge in [-0.3, -0.25) is 0 Å². The summed E-state index contributed by atoms with van der Waals surface area (Å²) in [4.78, 5) is 0. The van der Waals surface area contributed by atoms with E-state index in [0.717, 1.165) is 23.7 Å². The standard InChI is InChI=1S/C23H24O2/c24-17-8-4-14(5-9-17)23(15-6-10-18(25)11-7-15)22-13-16-12-21(22)20-3-1-2-19(16)20/h4-11,16,19-21,24-25H,1-3,12-13H2. The fourth-order valence-corrected chi connectivity index (χ4v) is 5.93. The van der Waals surface area contributed by atoms with Crippen molar-refractivity contribution < 1.29 is 10.2 Å². The van der Waals surface area contributed by atoms with E-state index in [1.165, 1.54) is 48.8 Å². The Hall–Kier alpha value is -2.22. The molecule has 2 aromatic carbocycles. The van der Waals surface area contributed by atoms with Crippen molar-refractivity contribution in [3.05, 3.63) is 65.2 Å². The van der Waals surface area contributed by atoms with E-state index in [0.29, 0.717) is 11.5 Å². The number of hydrogen-bond donors (Lipinski definition) is 2. The van der Waals surface area contributed by atoms with Gasteiger partial charge in [-0.1, -0.05) is 36.3 Å². The van der Waals surface area contributed by atoms with Crippen molar-refractivity contribution in [2.24, 2.45) is 23.7 Å². The van der Waals surface area contributed by atoms with Crippen LogP contribution in [0.2, 0.25) is 0 Å². The maximum Gasteiger partial charge on any atom is 0.115 e. The lowest BCUT2D eigenvalue weighted by atomic mass is 9.75. The Morgan fingerprint density at radius 1 is 0.760 bits per heavy atom. The first-order valence-corrected chi connectivity index (χ1v) is 9.52. The highest BCUT2D eigenvalue weighted by atomic mass is 16.3. The lowest BCUT2D eigenvalue weighted by molar-refractivity contribution is 0.305. The van der Waals surface area contributed by atoms with E-state index in [1.54, 1.807) is 29.8 Å². The molecule has 4 unspecified atom stereocenters. The summed E-state index contributed by atoms with van der Waals surface area (Å²) < 4.78 is 0. The number of hydrogen-bond acceptors (Lipinski definition) is 2. The van der Waals surface area contributed by atoms with Gasteiger partial charge in [0, 0.05) is 0 Å². The van der Waals surface area contributed by atoms with Crippen molar-refractivity contribution in [3.8, 4) is 11.5 Å². The Kier molecular flexibility index (Phi) is 3.41. The molecule has 0 aromatic heterocycles. The molecule has 0 saturated heterocycles. The lowest BCUT2D eigenvalue weighted by Gasteiger charge is -2.29. The van der Waals surface area contributed by atoms with Gasteiger partial charge in [-0.25, -0.2) is 0 Å². The number of phenolic OH excluding ortho intramolecular Hbond substituents is 2. The van der Waals surface area contributed by atoms with Crippen LogP contribution in [0.4, 0.5) is 0 Å². The van der Waals surface area contributed by atoms with Gasteiger partial charge in [0.15, 0.2) is 0 Å². The number of allylic oxidation sites excluding steroid dienone is 1. The largest absolute Gasteiger partial charge is 0.508 e. The SMILES string of the molecule is Oc1ccc(C(=C2CC3CC2C2CCCC32)c2ccc(O)cc2)cc1. The second-order valence-corrected chi connectivity index (χ2v) is 8.06. The van der Waals surface area contributed by atoms with E-state index in [2.05, 4.69) is 0 Å². The molecule has 3 saturated carbocycles. The van der Waals surface area contributed by atoms with Gasteiger partial charge in [-0.05, 0) is 90.3 Å². The number of aromatic hydroxyl groups is 2. The van der Waals surface area contributed by atoms with Gasteiger partial charge in [0.1, 0.15) is 11.5 Å². The van der Waals surface area contributed by atoms with E-state index >= 15 is 0 Å². The van der Waals surface area contributed by atoms with Crippen LogP contribution in [0, 0.1) is 23.7 Å². The molecule has 2 N–H and O–H groups in total. The van der Waals surface area contributed by atoms with Gasteiger partial charge in [-0.2, -0.15) is 0 Å². The third-order valence-corrected chi connectivity index (χ3v) is 6.87. The van der Waals surface area contributed by atoms with Gasteiger partial charge in [0.05, 0.1) is 0 Å². The summed E-state index contributed by atoms with van der Waals surface area (Å²) in [5.41, 5.74) is 5.31. The smallest absolute Gasteiger partial charge is 0.115 e. The molecule has 128 valence electrons. The van der Waals surface area contributed by atoms with Crippen molar-refractivity contribution in [2.45, 2.75) is 32.1 Å². The highest BCUT2D eigenvalue weighted by Crippen LogP contribution is 2.62. The lowest BCUT2D eigenvalue weighted by Crippen LogP contribution is -2.19. The average Bonchev–Trinajstić information content (AvgIpc) is 3.31. The summed E-state index contributed by atoms with van der Waals surface area (Å²) in [5.74, 6) is 4.07. The molecule has 3 aliphatic carbocycles. The minimum absolute atomic E-state index is 0.308. The Labute approximate surface area is 148 Å². The number of rotatable bonds is 2. The summed E-state index contributed by atoms with van der Waals surface area (Å²) >= 11 is 0. The predicted molar refractivity (Wildman–Crippen MR) is 99.3 cm³/mol. The molecule has 3 aliphatic rings. The number of phenols is 2. The van der Waals surface area contributed by atoms with Crippen LogP contribution < -0.4 is 0 Å². The van der Waals surface area contributed by atoms with Crippen molar-refractivity contribution >= 4 is 5.57 Å². The molecule has 5 rings (SSSR count). The highest BCUT2D eigenvalue weighted by molar-refractivity contribution is 5.83. The summed E-state index contributed by atoms with van der Waals surface area (Å²) in [6, 6.07) is 15.2. The van der Waals surface area contributed by atoms with Crippen molar-refractivity contribution in [3.63, 3.8) is 0 Å². The van der Waals surface area contributed by atoms with Crippen LogP contribution in [0.15, 0.2) is 54.1 Å². The number of benzene rings is 2.